The standard InChI is InChI=1S/C12H12N2O2/c1-12(11(15)16,10-7-13-8-14-10)9-5-3-2-4-6-9/h2-8H,1H3,(H,13,14)(H,15,16). The summed E-state index contributed by atoms with van der Waals surface area (Å²) in [6, 6.07) is 9.09. The molecule has 0 spiro atoms. The third-order valence-electron chi connectivity index (χ3n) is 2.79. The monoisotopic (exact) mass is 216 g/mol. The molecular formula is C12H12N2O2. The van der Waals surface area contributed by atoms with Crippen molar-refractivity contribution in [1.82, 2.24) is 9.97 Å². The van der Waals surface area contributed by atoms with Gasteiger partial charge in [0.15, 0.2) is 0 Å². The Bertz CT molecular complexity index is 479. The number of carboxylic acid groups (broad SMARTS) is 1. The first-order valence-corrected chi connectivity index (χ1v) is 4.94. The summed E-state index contributed by atoms with van der Waals surface area (Å²) in [5, 5.41) is 9.40. The van der Waals surface area contributed by atoms with Gasteiger partial charge in [0.25, 0.3) is 0 Å². The van der Waals surface area contributed by atoms with Crippen molar-refractivity contribution in [2.75, 3.05) is 0 Å². The molecule has 16 heavy (non-hydrogen) atoms. The van der Waals surface area contributed by atoms with E-state index in [1.165, 1.54) is 6.33 Å². The van der Waals surface area contributed by atoms with E-state index in [1.54, 1.807) is 25.3 Å². The predicted octanol–water partition coefficient (Wildman–Crippen LogP) is 1.80. The molecule has 0 bridgehead atoms. The lowest BCUT2D eigenvalue weighted by atomic mass is 9.80. The van der Waals surface area contributed by atoms with Crippen LogP contribution in [0.3, 0.4) is 0 Å². The number of carbonyl (C=O) groups is 1. The Morgan fingerprint density at radius 2 is 2.06 bits per heavy atom. The Morgan fingerprint density at radius 1 is 1.38 bits per heavy atom. The molecule has 1 aromatic heterocycles. The van der Waals surface area contributed by atoms with Crippen molar-refractivity contribution in [2.24, 2.45) is 0 Å². The second-order valence-corrected chi connectivity index (χ2v) is 3.75. The van der Waals surface area contributed by atoms with Gasteiger partial charge in [0.2, 0.25) is 0 Å². The third-order valence-corrected chi connectivity index (χ3v) is 2.79. The van der Waals surface area contributed by atoms with Crippen LogP contribution in [0.4, 0.5) is 0 Å². The lowest BCUT2D eigenvalue weighted by Gasteiger charge is -2.23. The zero-order valence-electron chi connectivity index (χ0n) is 8.84. The summed E-state index contributed by atoms with van der Waals surface area (Å²) in [6.07, 6.45) is 3.10. The van der Waals surface area contributed by atoms with Gasteiger partial charge in [-0.25, -0.2) is 4.98 Å². The molecular weight excluding hydrogens is 204 g/mol. The van der Waals surface area contributed by atoms with Crippen LogP contribution in [0.2, 0.25) is 0 Å². The Balaban J connectivity index is 2.58. The highest BCUT2D eigenvalue weighted by Gasteiger charge is 2.38. The Labute approximate surface area is 93.0 Å². The third kappa shape index (κ3) is 1.48. The fraction of sp³-hybridized carbons (Fsp3) is 0.167. The van der Waals surface area contributed by atoms with Gasteiger partial charge in [-0.05, 0) is 12.5 Å². The molecule has 1 heterocycles. The molecule has 82 valence electrons. The maximum Gasteiger partial charge on any atom is 0.320 e. The van der Waals surface area contributed by atoms with E-state index in [0.29, 0.717) is 5.69 Å². The number of hydrogen-bond acceptors (Lipinski definition) is 2. The van der Waals surface area contributed by atoms with Gasteiger partial charge in [0.1, 0.15) is 5.41 Å². The van der Waals surface area contributed by atoms with Crippen molar-refractivity contribution < 1.29 is 9.90 Å². The van der Waals surface area contributed by atoms with E-state index in [-0.39, 0.29) is 0 Å². The van der Waals surface area contributed by atoms with Crippen LogP contribution in [-0.2, 0) is 10.2 Å². The SMILES string of the molecule is CC(C(=O)O)(c1ccccc1)c1c[nH]cn1. The summed E-state index contributed by atoms with van der Waals surface area (Å²) in [5.41, 5.74) is 0.113. The molecule has 2 rings (SSSR count). The Kier molecular flexibility index (Phi) is 2.48. The fourth-order valence-corrected chi connectivity index (χ4v) is 1.69. The number of aromatic amines is 1. The van der Waals surface area contributed by atoms with Crippen molar-refractivity contribution in [2.45, 2.75) is 12.3 Å². The summed E-state index contributed by atoms with van der Waals surface area (Å²) >= 11 is 0. The zero-order chi connectivity index (χ0) is 11.6. The topological polar surface area (TPSA) is 66.0 Å². The predicted molar refractivity (Wildman–Crippen MR) is 59.1 cm³/mol. The highest BCUT2D eigenvalue weighted by Crippen LogP contribution is 2.30. The van der Waals surface area contributed by atoms with E-state index >= 15 is 0 Å². The average molecular weight is 216 g/mol. The summed E-state index contributed by atoms with van der Waals surface area (Å²) in [4.78, 5) is 18.3. The normalized spacial score (nSPS) is 14.3. The quantitative estimate of drug-likeness (QED) is 0.822. The molecule has 1 atom stereocenters. The first-order valence-electron chi connectivity index (χ1n) is 4.94. The van der Waals surface area contributed by atoms with Crippen molar-refractivity contribution in [3.8, 4) is 0 Å². The van der Waals surface area contributed by atoms with Crippen molar-refractivity contribution >= 4 is 5.97 Å². The molecule has 0 saturated carbocycles. The summed E-state index contributed by atoms with van der Waals surface area (Å²) in [5.74, 6) is -0.911. The highest BCUT2D eigenvalue weighted by atomic mass is 16.4. The summed E-state index contributed by atoms with van der Waals surface area (Å²) in [6.45, 7) is 1.65. The maximum atomic E-state index is 11.5. The zero-order valence-corrected chi connectivity index (χ0v) is 8.84. The van der Waals surface area contributed by atoms with Gasteiger partial charge in [-0.3, -0.25) is 4.79 Å². The van der Waals surface area contributed by atoms with E-state index in [9.17, 15) is 9.90 Å². The van der Waals surface area contributed by atoms with Crippen LogP contribution in [0.1, 0.15) is 18.2 Å². The highest BCUT2D eigenvalue weighted by molar-refractivity contribution is 5.84. The van der Waals surface area contributed by atoms with Crippen molar-refractivity contribution in [3.05, 3.63) is 54.1 Å². The molecule has 4 nitrogen and oxygen atoms in total. The molecule has 2 aromatic rings. The Morgan fingerprint density at radius 3 is 2.56 bits per heavy atom. The number of nitrogens with one attached hydrogen (secondary N) is 1. The van der Waals surface area contributed by atoms with Crippen LogP contribution in [0, 0.1) is 0 Å². The molecule has 0 aliphatic heterocycles. The number of carboxylic acids is 1. The van der Waals surface area contributed by atoms with Gasteiger partial charge >= 0.3 is 5.97 Å². The molecule has 0 radical (unpaired) electrons. The molecule has 2 N–H and O–H groups in total. The van der Waals surface area contributed by atoms with Gasteiger partial charge in [0, 0.05) is 6.20 Å². The number of imidazole rings is 1. The molecule has 1 unspecified atom stereocenters. The molecule has 0 amide bonds. The first kappa shape index (κ1) is 10.4. The molecule has 1 aromatic carbocycles. The van der Waals surface area contributed by atoms with Gasteiger partial charge in [-0.2, -0.15) is 0 Å². The largest absolute Gasteiger partial charge is 0.480 e. The van der Waals surface area contributed by atoms with Gasteiger partial charge in [-0.1, -0.05) is 30.3 Å². The first-order chi connectivity index (χ1) is 7.65. The van der Waals surface area contributed by atoms with Crippen molar-refractivity contribution in [1.29, 1.82) is 0 Å². The molecule has 0 aliphatic rings. The van der Waals surface area contributed by atoms with Gasteiger partial charge in [-0.15, -0.1) is 0 Å². The van der Waals surface area contributed by atoms with Crippen LogP contribution < -0.4 is 0 Å². The van der Waals surface area contributed by atoms with E-state index in [0.717, 1.165) is 5.56 Å². The van der Waals surface area contributed by atoms with Gasteiger partial charge in [0.05, 0.1) is 12.0 Å². The summed E-state index contributed by atoms with van der Waals surface area (Å²) in [7, 11) is 0. The maximum absolute atomic E-state index is 11.5. The number of hydrogen-bond donors (Lipinski definition) is 2. The van der Waals surface area contributed by atoms with Gasteiger partial charge < -0.3 is 10.1 Å². The number of H-pyrrole nitrogens is 1. The number of nitrogens with zero attached hydrogens (tertiary/aromatic N) is 1. The Hall–Kier alpha value is -2.10. The number of rotatable bonds is 3. The molecule has 4 heteroatoms. The van der Waals surface area contributed by atoms with Crippen molar-refractivity contribution in [3.63, 3.8) is 0 Å². The van der Waals surface area contributed by atoms with Crippen LogP contribution in [-0.4, -0.2) is 21.0 Å². The minimum absolute atomic E-state index is 0.506. The number of aromatic nitrogens is 2. The molecule has 0 saturated heterocycles. The summed E-state index contributed by atoms with van der Waals surface area (Å²) < 4.78 is 0. The average Bonchev–Trinajstić information content (AvgIpc) is 2.82. The molecule has 0 aliphatic carbocycles. The molecule has 0 fully saturated rings. The second kappa shape index (κ2) is 3.81. The minimum Gasteiger partial charge on any atom is -0.480 e. The number of aliphatic carboxylic acids is 1. The van der Waals surface area contributed by atoms with E-state index in [2.05, 4.69) is 9.97 Å². The van der Waals surface area contributed by atoms with E-state index in [1.807, 2.05) is 18.2 Å². The number of benzene rings is 1. The van der Waals surface area contributed by atoms with Crippen LogP contribution in [0.25, 0.3) is 0 Å². The van der Waals surface area contributed by atoms with Crippen LogP contribution in [0.15, 0.2) is 42.9 Å². The lowest BCUT2D eigenvalue weighted by molar-refractivity contribution is -0.141. The van der Waals surface area contributed by atoms with Crippen LogP contribution in [0.5, 0.6) is 0 Å². The second-order valence-electron chi connectivity index (χ2n) is 3.75. The van der Waals surface area contributed by atoms with E-state index in [4.69, 9.17) is 0 Å². The smallest absolute Gasteiger partial charge is 0.320 e. The fourth-order valence-electron chi connectivity index (χ4n) is 1.69. The van der Waals surface area contributed by atoms with E-state index < -0.39 is 11.4 Å². The lowest BCUT2D eigenvalue weighted by Crippen LogP contribution is -2.34. The van der Waals surface area contributed by atoms with Crippen LogP contribution >= 0.6 is 0 Å². The minimum atomic E-state index is -1.11.